The summed E-state index contributed by atoms with van der Waals surface area (Å²) in [5.41, 5.74) is 3.23. The van der Waals surface area contributed by atoms with Crippen LogP contribution in [0.15, 0.2) is 36.5 Å². The third kappa shape index (κ3) is 3.77. The summed E-state index contributed by atoms with van der Waals surface area (Å²) in [6, 6.07) is 9.36. The second kappa shape index (κ2) is 6.16. The molecular formula is C16H17ClFN. The predicted molar refractivity (Wildman–Crippen MR) is 77.1 cm³/mol. The lowest BCUT2D eigenvalue weighted by molar-refractivity contribution is 0.619. The molecule has 19 heavy (non-hydrogen) atoms. The first-order chi connectivity index (χ1) is 9.06. The Morgan fingerprint density at radius 1 is 1.16 bits per heavy atom. The van der Waals surface area contributed by atoms with Crippen LogP contribution in [-0.2, 0) is 12.8 Å². The molecule has 0 N–H and O–H groups in total. The van der Waals surface area contributed by atoms with Crippen molar-refractivity contribution in [3.63, 3.8) is 0 Å². The molecule has 0 saturated carbocycles. The van der Waals surface area contributed by atoms with Crippen molar-refractivity contribution in [1.82, 2.24) is 4.98 Å². The maximum Gasteiger partial charge on any atom is 0.141 e. The zero-order valence-corrected chi connectivity index (χ0v) is 11.9. The summed E-state index contributed by atoms with van der Waals surface area (Å²) in [6.07, 6.45) is 2.83. The van der Waals surface area contributed by atoms with E-state index in [1.807, 2.05) is 6.07 Å². The Labute approximate surface area is 118 Å². The van der Waals surface area contributed by atoms with E-state index in [4.69, 9.17) is 11.6 Å². The van der Waals surface area contributed by atoms with Crippen LogP contribution in [0.3, 0.4) is 0 Å². The lowest BCUT2D eigenvalue weighted by atomic mass is 9.99. The number of aromatic nitrogens is 1. The van der Waals surface area contributed by atoms with Crippen LogP contribution >= 0.6 is 11.6 Å². The van der Waals surface area contributed by atoms with Crippen molar-refractivity contribution in [3.05, 3.63) is 64.2 Å². The fourth-order valence-corrected chi connectivity index (χ4v) is 2.23. The van der Waals surface area contributed by atoms with Gasteiger partial charge in [0.15, 0.2) is 0 Å². The quantitative estimate of drug-likeness (QED) is 0.783. The average Bonchev–Trinajstić information content (AvgIpc) is 2.39. The molecular weight excluding hydrogens is 261 g/mol. The molecule has 1 aromatic heterocycles. The van der Waals surface area contributed by atoms with Gasteiger partial charge in [-0.2, -0.15) is 0 Å². The van der Waals surface area contributed by atoms with Gasteiger partial charge in [-0.25, -0.2) is 4.39 Å². The number of rotatable bonds is 4. The topological polar surface area (TPSA) is 12.9 Å². The molecule has 1 nitrogen and oxygen atoms in total. The fourth-order valence-electron chi connectivity index (χ4n) is 1.94. The molecule has 1 heterocycles. The van der Waals surface area contributed by atoms with Gasteiger partial charge in [0.25, 0.3) is 0 Å². The van der Waals surface area contributed by atoms with E-state index in [9.17, 15) is 4.39 Å². The lowest BCUT2D eigenvalue weighted by Crippen LogP contribution is -1.97. The maximum absolute atomic E-state index is 12.8. The minimum Gasteiger partial charge on any atom is -0.258 e. The van der Waals surface area contributed by atoms with Crippen LogP contribution in [0, 0.1) is 5.82 Å². The number of pyridine rings is 1. The van der Waals surface area contributed by atoms with Gasteiger partial charge in [-0.3, -0.25) is 4.98 Å². The highest BCUT2D eigenvalue weighted by molar-refractivity contribution is 6.31. The van der Waals surface area contributed by atoms with Crippen molar-refractivity contribution in [3.8, 4) is 0 Å². The van der Waals surface area contributed by atoms with E-state index in [1.54, 1.807) is 6.07 Å². The summed E-state index contributed by atoms with van der Waals surface area (Å²) in [7, 11) is 0. The fraction of sp³-hybridized carbons (Fsp3) is 0.312. The number of benzene rings is 1. The SMILES string of the molecule is CC(C)c1ccc(CCc2ccc(F)cn2)c(Cl)c1. The Hall–Kier alpha value is -1.41. The van der Waals surface area contributed by atoms with Gasteiger partial charge in [0, 0.05) is 10.7 Å². The van der Waals surface area contributed by atoms with Crippen molar-refractivity contribution in [2.24, 2.45) is 0 Å². The van der Waals surface area contributed by atoms with Gasteiger partial charge in [0.2, 0.25) is 0 Å². The zero-order chi connectivity index (χ0) is 13.8. The van der Waals surface area contributed by atoms with Gasteiger partial charge in [-0.15, -0.1) is 0 Å². The summed E-state index contributed by atoms with van der Waals surface area (Å²) in [4.78, 5) is 4.05. The van der Waals surface area contributed by atoms with Gasteiger partial charge >= 0.3 is 0 Å². The highest BCUT2D eigenvalue weighted by atomic mass is 35.5. The van der Waals surface area contributed by atoms with Crippen molar-refractivity contribution in [1.29, 1.82) is 0 Å². The third-order valence-corrected chi connectivity index (χ3v) is 3.53. The molecule has 2 rings (SSSR count). The Morgan fingerprint density at radius 3 is 2.53 bits per heavy atom. The summed E-state index contributed by atoms with van der Waals surface area (Å²) in [5, 5.41) is 0.799. The molecule has 0 aliphatic rings. The highest BCUT2D eigenvalue weighted by Gasteiger charge is 2.05. The molecule has 100 valence electrons. The number of hydrogen-bond donors (Lipinski definition) is 0. The molecule has 0 fully saturated rings. The molecule has 0 atom stereocenters. The number of aryl methyl sites for hydroxylation is 2. The van der Waals surface area contributed by atoms with Gasteiger partial charge in [0.05, 0.1) is 6.20 Å². The Balaban J connectivity index is 2.05. The largest absolute Gasteiger partial charge is 0.258 e. The number of halogens is 2. The van der Waals surface area contributed by atoms with Crippen LogP contribution in [0.25, 0.3) is 0 Å². The zero-order valence-electron chi connectivity index (χ0n) is 11.2. The molecule has 0 radical (unpaired) electrons. The Kier molecular flexibility index (Phi) is 4.54. The number of nitrogens with zero attached hydrogens (tertiary/aromatic N) is 1. The van der Waals surface area contributed by atoms with Crippen LogP contribution in [0.4, 0.5) is 4.39 Å². The summed E-state index contributed by atoms with van der Waals surface area (Å²) in [5.74, 6) is 0.174. The van der Waals surface area contributed by atoms with Gasteiger partial charge in [0.1, 0.15) is 5.82 Å². The van der Waals surface area contributed by atoms with Crippen LogP contribution in [0.2, 0.25) is 5.02 Å². The molecule has 0 aliphatic heterocycles. The van der Waals surface area contributed by atoms with Crippen LogP contribution in [0.5, 0.6) is 0 Å². The first-order valence-corrected chi connectivity index (χ1v) is 6.83. The minimum absolute atomic E-state index is 0.303. The van der Waals surface area contributed by atoms with Gasteiger partial charge in [-0.05, 0) is 48.1 Å². The van der Waals surface area contributed by atoms with E-state index < -0.39 is 0 Å². The summed E-state index contributed by atoms with van der Waals surface area (Å²) >= 11 is 6.28. The first-order valence-electron chi connectivity index (χ1n) is 6.45. The van der Waals surface area contributed by atoms with E-state index in [1.165, 1.54) is 17.8 Å². The second-order valence-electron chi connectivity index (χ2n) is 4.97. The molecule has 0 unspecified atom stereocenters. The van der Waals surface area contributed by atoms with Crippen molar-refractivity contribution >= 4 is 11.6 Å². The van der Waals surface area contributed by atoms with E-state index in [0.717, 1.165) is 29.1 Å². The highest BCUT2D eigenvalue weighted by Crippen LogP contribution is 2.23. The monoisotopic (exact) mass is 277 g/mol. The maximum atomic E-state index is 12.8. The van der Waals surface area contributed by atoms with Gasteiger partial charge in [-0.1, -0.05) is 37.6 Å². The lowest BCUT2D eigenvalue weighted by Gasteiger charge is -2.09. The van der Waals surface area contributed by atoms with E-state index in [-0.39, 0.29) is 5.82 Å². The van der Waals surface area contributed by atoms with Crippen LogP contribution in [-0.4, -0.2) is 4.98 Å². The second-order valence-corrected chi connectivity index (χ2v) is 5.38. The smallest absolute Gasteiger partial charge is 0.141 e. The van der Waals surface area contributed by atoms with E-state index in [2.05, 4.69) is 31.0 Å². The van der Waals surface area contributed by atoms with Crippen molar-refractivity contribution < 1.29 is 4.39 Å². The third-order valence-electron chi connectivity index (χ3n) is 3.18. The normalized spacial score (nSPS) is 11.0. The van der Waals surface area contributed by atoms with Crippen LogP contribution in [0.1, 0.15) is 36.6 Å². The van der Waals surface area contributed by atoms with Crippen molar-refractivity contribution in [2.75, 3.05) is 0 Å². The molecule has 0 spiro atoms. The molecule has 0 bridgehead atoms. The summed E-state index contributed by atoms with van der Waals surface area (Å²) in [6.45, 7) is 4.29. The Bertz CT molecular complexity index is 549. The minimum atomic E-state index is -0.303. The van der Waals surface area contributed by atoms with Gasteiger partial charge < -0.3 is 0 Å². The van der Waals surface area contributed by atoms with E-state index >= 15 is 0 Å². The molecule has 0 aliphatic carbocycles. The molecule has 0 saturated heterocycles. The molecule has 1 aromatic carbocycles. The first kappa shape index (κ1) is 14.0. The Morgan fingerprint density at radius 2 is 1.95 bits per heavy atom. The molecule has 3 heteroatoms. The van der Waals surface area contributed by atoms with Crippen molar-refractivity contribution in [2.45, 2.75) is 32.6 Å². The average molecular weight is 278 g/mol. The number of hydrogen-bond acceptors (Lipinski definition) is 1. The van der Waals surface area contributed by atoms with E-state index in [0.29, 0.717) is 5.92 Å². The summed E-state index contributed by atoms with van der Waals surface area (Å²) < 4.78 is 12.8. The van der Waals surface area contributed by atoms with Crippen LogP contribution < -0.4 is 0 Å². The standard InChI is InChI=1S/C16H17ClFN/c1-11(2)13-4-3-12(16(17)9-13)5-7-15-8-6-14(18)10-19-15/h3-4,6,8-11H,5,7H2,1-2H3. The predicted octanol–water partition coefficient (Wildman–Crippen LogP) is 4.78. The molecule has 2 aromatic rings. The molecule has 0 amide bonds.